The van der Waals surface area contributed by atoms with E-state index in [2.05, 4.69) is 17.9 Å². The summed E-state index contributed by atoms with van der Waals surface area (Å²) in [6.45, 7) is 6.96. The van der Waals surface area contributed by atoms with Crippen molar-refractivity contribution in [3.8, 4) is 0 Å². The highest BCUT2D eigenvalue weighted by molar-refractivity contribution is 14.1. The Bertz CT molecular complexity index is 843. The van der Waals surface area contributed by atoms with E-state index in [1.165, 1.54) is 19.3 Å². The van der Waals surface area contributed by atoms with Crippen LogP contribution in [0.5, 0.6) is 0 Å². The molecule has 37 heavy (non-hydrogen) atoms. The number of alkyl halides is 1. The molecule has 200 valence electrons. The second-order valence-corrected chi connectivity index (χ2v) is 7.23. The van der Waals surface area contributed by atoms with Crippen molar-refractivity contribution < 1.29 is 38.6 Å². The van der Waals surface area contributed by atoms with Crippen LogP contribution in [0.25, 0.3) is 0 Å². The molecule has 2 aromatic rings. The first-order valence-corrected chi connectivity index (χ1v) is 12.2. The van der Waals surface area contributed by atoms with Gasteiger partial charge in [-0.15, -0.1) is 0 Å². The topological polar surface area (TPSA) is 132 Å². The maximum Gasteiger partial charge on any atom is 0.185 e. The van der Waals surface area contributed by atoms with Gasteiger partial charge in [-0.3, -0.25) is 9.59 Å². The highest BCUT2D eigenvalue weighted by Crippen LogP contribution is 2.00. The first-order valence-electron chi connectivity index (χ1n) is 10.6. The third-order valence-electron chi connectivity index (χ3n) is 3.72. The number of ether oxygens (including phenoxy) is 1. The normalized spacial score (nSPS) is 8.59. The number of aldehydes is 4. The van der Waals surface area contributed by atoms with Crippen LogP contribution in [0.15, 0.2) is 86.0 Å². The molecule has 0 spiro atoms. The molecule has 0 radical (unpaired) electrons. The van der Waals surface area contributed by atoms with Gasteiger partial charge in [0.05, 0.1) is 18.4 Å². The minimum Gasteiger partial charge on any atom is -0.400 e. The Morgan fingerprint density at radius 2 is 1.08 bits per heavy atom. The van der Waals surface area contributed by atoms with Crippen LogP contribution in [0, 0.1) is 11.8 Å². The highest BCUT2D eigenvalue weighted by atomic mass is 127. The fourth-order valence-electron chi connectivity index (χ4n) is 1.85. The predicted octanol–water partition coefficient (Wildman–Crippen LogP) is 3.80. The van der Waals surface area contributed by atoms with Crippen molar-refractivity contribution >= 4 is 59.3 Å². The van der Waals surface area contributed by atoms with Gasteiger partial charge in [-0.1, -0.05) is 96.4 Å². The van der Waals surface area contributed by atoms with Gasteiger partial charge in [-0.25, -0.2) is 0 Å². The van der Waals surface area contributed by atoms with Gasteiger partial charge in [0.2, 0.25) is 0 Å². The van der Waals surface area contributed by atoms with E-state index < -0.39 is 5.92 Å². The van der Waals surface area contributed by atoms with Gasteiger partial charge >= 0.3 is 0 Å². The third kappa shape index (κ3) is 21.6. The summed E-state index contributed by atoms with van der Waals surface area (Å²) in [6, 6.07) is 18.1. The zero-order valence-electron chi connectivity index (χ0n) is 20.9. The number of ketones is 2. The number of carbonyl (C=O) groups excluding carboxylic acids is 6. The van der Waals surface area contributed by atoms with Crippen LogP contribution in [0.1, 0.15) is 20.7 Å². The van der Waals surface area contributed by atoms with Gasteiger partial charge in [0, 0.05) is 29.8 Å². The molecule has 0 heterocycles. The van der Waals surface area contributed by atoms with Crippen LogP contribution >= 0.6 is 22.6 Å². The second kappa shape index (κ2) is 28.8. The van der Waals surface area contributed by atoms with E-state index in [0.717, 1.165) is 7.11 Å². The Balaban J connectivity index is -0.000000412. The minimum absolute atomic E-state index is 0.0272. The molecular formula is C28H33IO8. The lowest BCUT2D eigenvalue weighted by atomic mass is 10.1. The molecule has 0 saturated heterocycles. The maximum absolute atomic E-state index is 10.9. The molecular weight excluding hydrogens is 591 g/mol. The zero-order chi connectivity index (χ0) is 28.9. The van der Waals surface area contributed by atoms with E-state index in [4.69, 9.17) is 5.11 Å². The van der Waals surface area contributed by atoms with Crippen LogP contribution in [-0.4, -0.2) is 67.1 Å². The van der Waals surface area contributed by atoms with Crippen molar-refractivity contribution in [1.82, 2.24) is 0 Å². The number of aliphatic hydroxyl groups is 1. The number of aliphatic hydroxyl groups excluding tert-OH is 1. The molecule has 8 nitrogen and oxygen atoms in total. The Morgan fingerprint density at radius 1 is 0.757 bits per heavy atom. The number of allylic oxidation sites excluding steroid dienone is 2. The average Bonchev–Trinajstić information content (AvgIpc) is 2.99. The van der Waals surface area contributed by atoms with Crippen LogP contribution in [0.2, 0.25) is 0 Å². The monoisotopic (exact) mass is 624 g/mol. The van der Waals surface area contributed by atoms with E-state index in [0.29, 0.717) is 40.7 Å². The molecule has 0 aliphatic carbocycles. The lowest BCUT2D eigenvalue weighted by Gasteiger charge is -1.95. The predicted molar refractivity (Wildman–Crippen MR) is 152 cm³/mol. The number of halogens is 1. The molecule has 0 aliphatic heterocycles. The molecule has 0 fully saturated rings. The van der Waals surface area contributed by atoms with E-state index >= 15 is 0 Å². The SMILES string of the molecule is C=CC(=O)c1ccccc1.C=CC(=O)c1ccccc1.CO.COCC(C=O)C=O.O=CC(C=O)CI. The molecule has 2 rings (SSSR count). The average molecular weight is 624 g/mol. The van der Waals surface area contributed by atoms with Gasteiger partial charge in [0.25, 0.3) is 0 Å². The summed E-state index contributed by atoms with van der Waals surface area (Å²) in [5.74, 6) is -1.03. The number of benzene rings is 2. The summed E-state index contributed by atoms with van der Waals surface area (Å²) in [5.41, 5.74) is 1.38. The number of hydrogen-bond donors (Lipinski definition) is 1. The number of hydrogen-bond acceptors (Lipinski definition) is 8. The lowest BCUT2D eigenvalue weighted by molar-refractivity contribution is -0.121. The fourth-order valence-corrected chi connectivity index (χ4v) is 2.26. The fraction of sp³-hybridized carbons (Fsp3) is 0.214. The van der Waals surface area contributed by atoms with Gasteiger partial charge in [-0.05, 0) is 12.2 Å². The quantitative estimate of drug-likeness (QED) is 0.0998. The zero-order valence-corrected chi connectivity index (χ0v) is 23.1. The van der Waals surface area contributed by atoms with Crippen LogP contribution in [0.4, 0.5) is 0 Å². The number of methoxy groups -OCH3 is 1. The van der Waals surface area contributed by atoms with Crippen molar-refractivity contribution in [2.45, 2.75) is 0 Å². The molecule has 0 aromatic heterocycles. The Kier molecular flexibility index (Phi) is 29.7. The summed E-state index contributed by atoms with van der Waals surface area (Å²) >= 11 is 1.99. The molecule has 0 bridgehead atoms. The summed E-state index contributed by atoms with van der Waals surface area (Å²) < 4.78 is 5.11. The van der Waals surface area contributed by atoms with Crippen LogP contribution < -0.4 is 0 Å². The van der Waals surface area contributed by atoms with Gasteiger partial charge < -0.3 is 29.0 Å². The van der Waals surface area contributed by atoms with Gasteiger partial charge in [0.1, 0.15) is 25.1 Å². The summed E-state index contributed by atoms with van der Waals surface area (Å²) in [7, 11) is 2.44. The molecule has 0 amide bonds. The molecule has 9 heteroatoms. The molecule has 0 unspecified atom stereocenters. The van der Waals surface area contributed by atoms with Gasteiger partial charge in [-0.2, -0.15) is 0 Å². The minimum atomic E-state index is -0.583. The molecule has 0 aliphatic rings. The highest BCUT2D eigenvalue weighted by Gasteiger charge is 2.01. The van der Waals surface area contributed by atoms with Crippen molar-refractivity contribution in [2.24, 2.45) is 11.8 Å². The smallest absolute Gasteiger partial charge is 0.185 e. The van der Waals surface area contributed by atoms with Crippen molar-refractivity contribution in [1.29, 1.82) is 0 Å². The number of carbonyl (C=O) groups is 6. The number of rotatable bonds is 11. The first kappa shape index (κ1) is 38.1. The first-order chi connectivity index (χ1) is 17.9. The van der Waals surface area contributed by atoms with E-state index in [-0.39, 0.29) is 24.1 Å². The Hall–Kier alpha value is -3.41. The van der Waals surface area contributed by atoms with Crippen molar-refractivity contribution in [2.75, 3.05) is 25.3 Å². The Morgan fingerprint density at radius 3 is 1.24 bits per heavy atom. The van der Waals surface area contributed by atoms with E-state index in [1.807, 2.05) is 59.0 Å². The molecule has 0 atom stereocenters. The lowest BCUT2D eigenvalue weighted by Crippen LogP contribution is -2.10. The second-order valence-electron chi connectivity index (χ2n) is 6.35. The van der Waals surface area contributed by atoms with Gasteiger partial charge in [0.15, 0.2) is 11.6 Å². The van der Waals surface area contributed by atoms with E-state index in [1.54, 1.807) is 24.3 Å². The van der Waals surface area contributed by atoms with Crippen LogP contribution in [-0.2, 0) is 23.9 Å². The molecule has 1 N–H and O–H groups in total. The largest absolute Gasteiger partial charge is 0.400 e. The summed E-state index contributed by atoms with van der Waals surface area (Å²) in [5, 5.41) is 7.00. The van der Waals surface area contributed by atoms with Crippen molar-refractivity contribution in [3.05, 3.63) is 97.1 Å². The Labute approximate surface area is 231 Å². The molecule has 0 saturated carbocycles. The summed E-state index contributed by atoms with van der Waals surface area (Å²) in [6.07, 6.45) is 5.07. The maximum atomic E-state index is 10.9. The summed E-state index contributed by atoms with van der Waals surface area (Å²) in [4.78, 5) is 60.9. The standard InChI is InChI=1S/2C9H8O.C5H8O3.C4H5IO2.CH4O/c2*1-2-9(10)8-6-4-3-5-7-8;1-8-4-5(2-6)3-7;5-1-4(2-6)3-7;1-2/h2*2-7H,1H2;2-3,5H,4H2,1H3;2-4H,1H2;2H,1H3. The third-order valence-corrected chi connectivity index (χ3v) is 4.74. The van der Waals surface area contributed by atoms with Crippen molar-refractivity contribution in [3.63, 3.8) is 0 Å². The van der Waals surface area contributed by atoms with E-state index in [9.17, 15) is 28.8 Å². The van der Waals surface area contributed by atoms with Crippen LogP contribution in [0.3, 0.4) is 0 Å². The molecule has 2 aromatic carbocycles.